The Morgan fingerprint density at radius 1 is 1.07 bits per heavy atom. The van der Waals surface area contributed by atoms with E-state index in [0.29, 0.717) is 30.9 Å². The van der Waals surface area contributed by atoms with Crippen LogP contribution in [-0.2, 0) is 9.59 Å². The molecule has 5 heteroatoms. The van der Waals surface area contributed by atoms with E-state index in [9.17, 15) is 14.7 Å². The molecule has 0 spiro atoms. The lowest BCUT2D eigenvalue weighted by Crippen LogP contribution is -2.30. The second-order valence-electron chi connectivity index (χ2n) is 6.36. The van der Waals surface area contributed by atoms with E-state index in [2.05, 4.69) is 0 Å². The molecule has 2 aromatic carbocycles. The third-order valence-corrected chi connectivity index (χ3v) is 4.54. The number of rotatable bonds is 6. The lowest BCUT2D eigenvalue weighted by molar-refractivity contribution is -0.139. The quantitative estimate of drug-likeness (QED) is 0.479. The van der Waals surface area contributed by atoms with Crippen LogP contribution in [0.15, 0.2) is 60.2 Å². The van der Waals surface area contributed by atoms with Crippen LogP contribution in [0.3, 0.4) is 0 Å². The topological polar surface area (TPSA) is 66.8 Å². The fourth-order valence-electron chi connectivity index (χ4n) is 3.39. The number of likely N-dealkylation sites (tertiary alicyclic amines) is 1. The predicted molar refractivity (Wildman–Crippen MR) is 103 cm³/mol. The first-order chi connectivity index (χ1) is 13.1. The first kappa shape index (κ1) is 18.7. The van der Waals surface area contributed by atoms with E-state index in [4.69, 9.17) is 4.74 Å². The number of ketones is 1. The van der Waals surface area contributed by atoms with Crippen LogP contribution in [0.4, 0.5) is 0 Å². The van der Waals surface area contributed by atoms with Crippen LogP contribution in [0.5, 0.6) is 5.75 Å². The van der Waals surface area contributed by atoms with Crippen molar-refractivity contribution in [3.05, 3.63) is 71.3 Å². The Hall–Kier alpha value is -3.08. The zero-order chi connectivity index (χ0) is 19.4. The van der Waals surface area contributed by atoms with E-state index in [1.807, 2.05) is 44.2 Å². The summed E-state index contributed by atoms with van der Waals surface area (Å²) in [7, 11) is 0. The minimum absolute atomic E-state index is 0.119. The second-order valence-corrected chi connectivity index (χ2v) is 6.36. The third kappa shape index (κ3) is 3.58. The summed E-state index contributed by atoms with van der Waals surface area (Å²) in [6.45, 7) is 4.79. The average molecular weight is 365 g/mol. The zero-order valence-electron chi connectivity index (χ0n) is 15.5. The number of Topliss-reactive ketones (excluding diaryl/α,β-unsaturated/α-hetero) is 1. The molecule has 0 aromatic heterocycles. The highest BCUT2D eigenvalue weighted by molar-refractivity contribution is 6.46. The van der Waals surface area contributed by atoms with E-state index < -0.39 is 17.7 Å². The van der Waals surface area contributed by atoms with Crippen molar-refractivity contribution in [2.24, 2.45) is 0 Å². The summed E-state index contributed by atoms with van der Waals surface area (Å²) in [6, 6.07) is 15.5. The van der Waals surface area contributed by atoms with Crippen molar-refractivity contribution in [2.75, 3.05) is 13.2 Å². The molecule has 1 N–H and O–H groups in total. The van der Waals surface area contributed by atoms with E-state index in [1.165, 1.54) is 4.90 Å². The number of carbonyl (C=O) groups excluding carboxylic acids is 2. The molecule has 1 heterocycles. The van der Waals surface area contributed by atoms with E-state index in [1.54, 1.807) is 24.3 Å². The Labute approximate surface area is 158 Å². The number of hydrogen-bond donors (Lipinski definition) is 1. The maximum absolute atomic E-state index is 12.8. The van der Waals surface area contributed by atoms with Crippen molar-refractivity contribution < 1.29 is 19.4 Å². The molecule has 1 amide bonds. The minimum atomic E-state index is -0.656. The Balaban J connectivity index is 2.16. The van der Waals surface area contributed by atoms with Crippen molar-refractivity contribution in [3.63, 3.8) is 0 Å². The number of carbonyl (C=O) groups is 2. The highest BCUT2D eigenvalue weighted by Gasteiger charge is 2.45. The molecule has 140 valence electrons. The van der Waals surface area contributed by atoms with Gasteiger partial charge < -0.3 is 14.7 Å². The number of hydrogen-bond acceptors (Lipinski definition) is 4. The van der Waals surface area contributed by atoms with E-state index in [0.717, 1.165) is 5.56 Å². The molecule has 27 heavy (non-hydrogen) atoms. The molecular weight excluding hydrogens is 342 g/mol. The van der Waals surface area contributed by atoms with Gasteiger partial charge in [-0.15, -0.1) is 0 Å². The molecule has 2 aromatic rings. The predicted octanol–water partition coefficient (Wildman–Crippen LogP) is 3.92. The van der Waals surface area contributed by atoms with Gasteiger partial charge in [0.05, 0.1) is 18.2 Å². The summed E-state index contributed by atoms with van der Waals surface area (Å²) < 4.78 is 5.57. The summed E-state index contributed by atoms with van der Waals surface area (Å²) in [4.78, 5) is 26.9. The SMILES string of the molecule is CCCN1C(=O)C(=O)/C(=C(\O)c2ccccc2)C1c1cccc(OCC)c1. The van der Waals surface area contributed by atoms with Gasteiger partial charge in [-0.25, -0.2) is 0 Å². The molecule has 1 unspecified atom stereocenters. The molecule has 0 bridgehead atoms. The molecule has 5 nitrogen and oxygen atoms in total. The van der Waals surface area contributed by atoms with E-state index in [-0.39, 0.29) is 11.3 Å². The normalized spacial score (nSPS) is 18.7. The Bertz CT molecular complexity index is 873. The fourth-order valence-corrected chi connectivity index (χ4v) is 3.39. The highest BCUT2D eigenvalue weighted by Crippen LogP contribution is 2.40. The lowest BCUT2D eigenvalue weighted by atomic mass is 9.95. The third-order valence-electron chi connectivity index (χ3n) is 4.54. The molecule has 1 fully saturated rings. The van der Waals surface area contributed by atoms with Crippen LogP contribution in [0.2, 0.25) is 0 Å². The summed E-state index contributed by atoms with van der Waals surface area (Å²) in [5.74, 6) is -0.728. The van der Waals surface area contributed by atoms with Gasteiger partial charge in [0, 0.05) is 12.1 Å². The molecular formula is C22H23NO4. The second kappa shape index (κ2) is 8.08. The maximum Gasteiger partial charge on any atom is 0.295 e. The van der Waals surface area contributed by atoms with Crippen LogP contribution in [0, 0.1) is 0 Å². The van der Waals surface area contributed by atoms with Crippen LogP contribution in [0.25, 0.3) is 5.76 Å². The average Bonchev–Trinajstić information content (AvgIpc) is 2.94. The number of nitrogens with zero attached hydrogens (tertiary/aromatic N) is 1. The molecule has 3 rings (SSSR count). The van der Waals surface area contributed by atoms with Gasteiger partial charge >= 0.3 is 0 Å². The molecule has 0 saturated carbocycles. The first-order valence-corrected chi connectivity index (χ1v) is 9.15. The Kier molecular flexibility index (Phi) is 5.60. The number of ether oxygens (including phenoxy) is 1. The molecule has 0 radical (unpaired) electrons. The molecule has 1 aliphatic rings. The Morgan fingerprint density at radius 3 is 2.48 bits per heavy atom. The maximum atomic E-state index is 12.8. The summed E-state index contributed by atoms with van der Waals surface area (Å²) in [5.41, 5.74) is 1.37. The van der Waals surface area contributed by atoms with Gasteiger partial charge in [-0.3, -0.25) is 9.59 Å². The standard InChI is InChI=1S/C22H23NO4/c1-3-13-23-19(16-11-8-12-17(14-16)27-4-2)18(21(25)22(23)26)20(24)15-9-6-5-7-10-15/h5-12,14,19,24H,3-4,13H2,1-2H3/b20-18-. The van der Waals surface area contributed by atoms with Crippen LogP contribution in [-0.4, -0.2) is 34.8 Å². The number of aliphatic hydroxyl groups excluding tert-OH is 1. The first-order valence-electron chi connectivity index (χ1n) is 9.15. The highest BCUT2D eigenvalue weighted by atomic mass is 16.5. The van der Waals surface area contributed by atoms with Gasteiger partial charge in [0.15, 0.2) is 0 Å². The molecule has 0 aliphatic carbocycles. The molecule has 1 atom stereocenters. The summed E-state index contributed by atoms with van der Waals surface area (Å²) in [5, 5.41) is 10.8. The number of aliphatic hydroxyl groups is 1. The van der Waals surface area contributed by atoms with Gasteiger partial charge in [-0.1, -0.05) is 49.4 Å². The van der Waals surface area contributed by atoms with Crippen molar-refractivity contribution in [1.29, 1.82) is 0 Å². The van der Waals surface area contributed by atoms with Gasteiger partial charge in [0.2, 0.25) is 0 Å². The largest absolute Gasteiger partial charge is 0.507 e. The van der Waals surface area contributed by atoms with Gasteiger partial charge in [-0.2, -0.15) is 0 Å². The molecule has 1 aliphatic heterocycles. The van der Waals surface area contributed by atoms with Crippen molar-refractivity contribution in [1.82, 2.24) is 4.90 Å². The van der Waals surface area contributed by atoms with Gasteiger partial charge in [0.1, 0.15) is 11.5 Å². The van der Waals surface area contributed by atoms with Crippen LogP contribution >= 0.6 is 0 Å². The van der Waals surface area contributed by atoms with Crippen molar-refractivity contribution in [3.8, 4) is 5.75 Å². The summed E-state index contributed by atoms with van der Waals surface area (Å²) in [6.07, 6.45) is 0.708. The lowest BCUT2D eigenvalue weighted by Gasteiger charge is -2.25. The molecule has 1 saturated heterocycles. The Morgan fingerprint density at radius 2 is 1.81 bits per heavy atom. The fraction of sp³-hybridized carbons (Fsp3) is 0.273. The van der Waals surface area contributed by atoms with E-state index >= 15 is 0 Å². The smallest absolute Gasteiger partial charge is 0.295 e. The monoisotopic (exact) mass is 365 g/mol. The van der Waals surface area contributed by atoms with Crippen LogP contribution < -0.4 is 4.74 Å². The van der Waals surface area contributed by atoms with Crippen LogP contribution in [0.1, 0.15) is 37.4 Å². The van der Waals surface area contributed by atoms with Gasteiger partial charge in [0.25, 0.3) is 11.7 Å². The number of amides is 1. The zero-order valence-corrected chi connectivity index (χ0v) is 15.5. The minimum Gasteiger partial charge on any atom is -0.507 e. The number of benzene rings is 2. The van der Waals surface area contributed by atoms with Gasteiger partial charge in [-0.05, 0) is 31.0 Å². The van der Waals surface area contributed by atoms with Crippen molar-refractivity contribution >= 4 is 17.4 Å². The van der Waals surface area contributed by atoms with Crippen molar-refractivity contribution in [2.45, 2.75) is 26.3 Å². The summed E-state index contributed by atoms with van der Waals surface area (Å²) >= 11 is 0.